The first-order valence-electron chi connectivity index (χ1n) is 11.9. The maximum Gasteiger partial charge on any atom is 0.256 e. The molecule has 0 unspecified atom stereocenters. The van der Waals surface area contributed by atoms with Gasteiger partial charge in [-0.2, -0.15) is 0 Å². The van der Waals surface area contributed by atoms with Crippen LogP contribution in [0.15, 0.2) is 85.1 Å². The molecule has 1 N–H and O–H groups in total. The van der Waals surface area contributed by atoms with E-state index in [-0.39, 0.29) is 17.9 Å². The first-order chi connectivity index (χ1) is 16.6. The summed E-state index contributed by atoms with van der Waals surface area (Å²) in [5.41, 5.74) is 4.70. The van der Waals surface area contributed by atoms with Gasteiger partial charge in [0.05, 0.1) is 5.56 Å². The van der Waals surface area contributed by atoms with Crippen molar-refractivity contribution in [1.82, 2.24) is 14.8 Å². The van der Waals surface area contributed by atoms with Crippen molar-refractivity contribution in [1.29, 1.82) is 0 Å². The minimum atomic E-state index is -0.0353. The number of likely N-dealkylation sites (tertiary alicyclic amines) is 1. The number of aromatic nitrogens is 1. The molecule has 2 amide bonds. The third kappa shape index (κ3) is 4.46. The molecule has 1 aromatic heterocycles. The van der Waals surface area contributed by atoms with Crippen LogP contribution in [0.4, 0.5) is 0 Å². The Bertz CT molecular complexity index is 1320. The fourth-order valence-corrected chi connectivity index (χ4v) is 4.82. The third-order valence-corrected chi connectivity index (χ3v) is 6.72. The predicted molar refractivity (Wildman–Crippen MR) is 135 cm³/mol. The average molecular weight is 452 g/mol. The molecule has 1 fully saturated rings. The summed E-state index contributed by atoms with van der Waals surface area (Å²) in [5.74, 6) is 0.0264. The Hall–Kier alpha value is -3.86. The van der Waals surface area contributed by atoms with Crippen LogP contribution in [0, 0.1) is 6.92 Å². The van der Waals surface area contributed by atoms with Gasteiger partial charge in [-0.05, 0) is 43.0 Å². The number of carbonyl (C=O) groups excluding carboxylic acids is 2. The zero-order valence-corrected chi connectivity index (χ0v) is 19.4. The predicted octanol–water partition coefficient (Wildman–Crippen LogP) is 5.03. The molecule has 34 heavy (non-hydrogen) atoms. The van der Waals surface area contributed by atoms with Crippen LogP contribution in [0.5, 0.6) is 0 Å². The zero-order chi connectivity index (χ0) is 23.5. The van der Waals surface area contributed by atoms with Crippen LogP contribution in [0.1, 0.15) is 44.7 Å². The quantitative estimate of drug-likeness (QED) is 0.463. The van der Waals surface area contributed by atoms with Gasteiger partial charge in [0.25, 0.3) is 11.8 Å². The lowest BCUT2D eigenvalue weighted by atomic mass is 10.0. The number of hydrogen-bond acceptors (Lipinski definition) is 2. The summed E-state index contributed by atoms with van der Waals surface area (Å²) >= 11 is 0. The van der Waals surface area contributed by atoms with Crippen LogP contribution >= 0.6 is 0 Å². The standard InChI is InChI=1S/C29H29N3O2/c1-21-9-5-6-12-24(21)28(33)30-23-15-17-31(18-16-23)29(34)26-20-32(19-22-10-3-2-4-11-22)27-14-8-7-13-25(26)27/h2-14,20,23H,15-19H2,1H3,(H,30,33). The van der Waals surface area contributed by atoms with E-state index in [1.54, 1.807) is 0 Å². The summed E-state index contributed by atoms with van der Waals surface area (Å²) < 4.78 is 2.16. The number of rotatable bonds is 5. The molecule has 0 atom stereocenters. The molecule has 5 rings (SSSR count). The number of para-hydroxylation sites is 1. The maximum atomic E-state index is 13.5. The molecular weight excluding hydrogens is 422 g/mol. The number of hydrogen-bond donors (Lipinski definition) is 1. The molecule has 0 spiro atoms. The van der Waals surface area contributed by atoms with Crippen molar-refractivity contribution in [3.63, 3.8) is 0 Å². The van der Waals surface area contributed by atoms with E-state index in [0.717, 1.165) is 41.4 Å². The number of benzene rings is 3. The van der Waals surface area contributed by atoms with Crippen LogP contribution in [0.2, 0.25) is 0 Å². The lowest BCUT2D eigenvalue weighted by Gasteiger charge is -2.32. The van der Waals surface area contributed by atoms with Crippen LogP contribution in [0.3, 0.4) is 0 Å². The normalized spacial score (nSPS) is 14.3. The van der Waals surface area contributed by atoms with E-state index in [1.807, 2.05) is 78.7 Å². The fraction of sp³-hybridized carbons (Fsp3) is 0.241. The Balaban J connectivity index is 1.28. The van der Waals surface area contributed by atoms with Gasteiger partial charge in [0.15, 0.2) is 0 Å². The maximum absolute atomic E-state index is 13.5. The number of piperidine rings is 1. The van der Waals surface area contributed by atoms with Gasteiger partial charge in [-0.3, -0.25) is 9.59 Å². The molecular formula is C29H29N3O2. The van der Waals surface area contributed by atoms with Crippen molar-refractivity contribution in [2.45, 2.75) is 32.4 Å². The highest BCUT2D eigenvalue weighted by molar-refractivity contribution is 6.07. The molecule has 0 aliphatic carbocycles. The van der Waals surface area contributed by atoms with E-state index in [4.69, 9.17) is 0 Å². The first-order valence-corrected chi connectivity index (χ1v) is 11.9. The van der Waals surface area contributed by atoms with Crippen LogP contribution in [0.25, 0.3) is 10.9 Å². The van der Waals surface area contributed by atoms with Crippen molar-refractivity contribution in [2.24, 2.45) is 0 Å². The molecule has 5 nitrogen and oxygen atoms in total. The number of fused-ring (bicyclic) bond motifs is 1. The minimum absolute atomic E-state index is 0.0353. The lowest BCUT2D eigenvalue weighted by molar-refractivity contribution is 0.0699. The molecule has 0 bridgehead atoms. The monoisotopic (exact) mass is 451 g/mol. The van der Waals surface area contributed by atoms with Crippen molar-refractivity contribution in [3.05, 3.63) is 107 Å². The van der Waals surface area contributed by atoms with E-state index < -0.39 is 0 Å². The molecule has 5 heteroatoms. The smallest absolute Gasteiger partial charge is 0.256 e. The summed E-state index contributed by atoms with van der Waals surface area (Å²) in [7, 11) is 0. The number of aryl methyl sites for hydroxylation is 1. The van der Waals surface area contributed by atoms with Crippen LogP contribution < -0.4 is 5.32 Å². The topological polar surface area (TPSA) is 54.3 Å². The molecule has 0 saturated carbocycles. The SMILES string of the molecule is Cc1ccccc1C(=O)NC1CCN(C(=O)c2cn(Cc3ccccc3)c3ccccc23)CC1. The highest BCUT2D eigenvalue weighted by Gasteiger charge is 2.27. The molecule has 172 valence electrons. The highest BCUT2D eigenvalue weighted by atomic mass is 16.2. The molecule has 1 aliphatic heterocycles. The fourth-order valence-electron chi connectivity index (χ4n) is 4.82. The van der Waals surface area contributed by atoms with Crippen LogP contribution in [-0.2, 0) is 6.54 Å². The summed E-state index contributed by atoms with van der Waals surface area (Å²) in [6.07, 6.45) is 3.50. The lowest BCUT2D eigenvalue weighted by Crippen LogP contribution is -2.46. The van der Waals surface area contributed by atoms with E-state index in [0.29, 0.717) is 18.7 Å². The largest absolute Gasteiger partial charge is 0.349 e. The number of amides is 2. The van der Waals surface area contributed by atoms with Gasteiger partial charge in [0.1, 0.15) is 0 Å². The molecule has 3 aromatic carbocycles. The average Bonchev–Trinajstić information content (AvgIpc) is 3.23. The Morgan fingerprint density at radius 3 is 2.29 bits per heavy atom. The van der Waals surface area contributed by atoms with Gasteiger partial charge < -0.3 is 14.8 Å². The Labute approximate surface area is 200 Å². The molecule has 2 heterocycles. The Morgan fingerprint density at radius 2 is 1.53 bits per heavy atom. The summed E-state index contributed by atoms with van der Waals surface area (Å²) in [5, 5.41) is 4.14. The van der Waals surface area contributed by atoms with E-state index >= 15 is 0 Å². The van der Waals surface area contributed by atoms with E-state index in [2.05, 4.69) is 28.1 Å². The van der Waals surface area contributed by atoms with Gasteiger partial charge in [-0.25, -0.2) is 0 Å². The van der Waals surface area contributed by atoms with Crippen molar-refractivity contribution in [3.8, 4) is 0 Å². The van der Waals surface area contributed by atoms with E-state index in [9.17, 15) is 9.59 Å². The number of nitrogens with zero attached hydrogens (tertiary/aromatic N) is 2. The highest BCUT2D eigenvalue weighted by Crippen LogP contribution is 2.25. The third-order valence-electron chi connectivity index (χ3n) is 6.72. The molecule has 1 aliphatic rings. The van der Waals surface area contributed by atoms with Gasteiger partial charge in [-0.1, -0.05) is 66.7 Å². The van der Waals surface area contributed by atoms with Crippen molar-refractivity contribution >= 4 is 22.7 Å². The second-order valence-corrected chi connectivity index (χ2v) is 9.03. The number of carbonyl (C=O) groups is 2. The van der Waals surface area contributed by atoms with Gasteiger partial charge in [0.2, 0.25) is 0 Å². The second-order valence-electron chi connectivity index (χ2n) is 9.03. The first kappa shape index (κ1) is 22.0. The zero-order valence-electron chi connectivity index (χ0n) is 19.4. The Morgan fingerprint density at radius 1 is 0.853 bits per heavy atom. The molecule has 1 saturated heterocycles. The van der Waals surface area contributed by atoms with E-state index in [1.165, 1.54) is 5.56 Å². The number of nitrogens with one attached hydrogen (secondary N) is 1. The summed E-state index contributed by atoms with van der Waals surface area (Å²) in [4.78, 5) is 28.1. The van der Waals surface area contributed by atoms with Gasteiger partial charge in [0, 0.05) is 48.3 Å². The molecule has 4 aromatic rings. The second kappa shape index (κ2) is 9.56. The van der Waals surface area contributed by atoms with Gasteiger partial charge in [-0.15, -0.1) is 0 Å². The molecule has 0 radical (unpaired) electrons. The van der Waals surface area contributed by atoms with Crippen molar-refractivity contribution < 1.29 is 9.59 Å². The Kier molecular flexibility index (Phi) is 6.17. The van der Waals surface area contributed by atoms with Crippen molar-refractivity contribution in [2.75, 3.05) is 13.1 Å². The summed E-state index contributed by atoms with van der Waals surface area (Å²) in [6, 6.07) is 26.1. The van der Waals surface area contributed by atoms with Gasteiger partial charge >= 0.3 is 0 Å². The van der Waals surface area contributed by atoms with Crippen LogP contribution in [-0.4, -0.2) is 40.4 Å². The summed E-state index contributed by atoms with van der Waals surface area (Å²) in [6.45, 7) is 3.94. The minimum Gasteiger partial charge on any atom is -0.349 e.